The van der Waals surface area contributed by atoms with Gasteiger partial charge >= 0.3 is 0 Å². The van der Waals surface area contributed by atoms with E-state index >= 15 is 0 Å². The van der Waals surface area contributed by atoms with Crippen LogP contribution >= 0.6 is 11.8 Å². The Labute approximate surface area is 145 Å². The highest BCUT2D eigenvalue weighted by Crippen LogP contribution is 2.29. The van der Waals surface area contributed by atoms with Crippen LogP contribution in [-0.2, 0) is 21.4 Å². The number of hydrogen-bond donors (Lipinski definition) is 0. The maximum Gasteiger partial charge on any atom is 0.244 e. The molecular weight excluding hydrogens is 348 g/mol. The van der Waals surface area contributed by atoms with Gasteiger partial charge in [0.05, 0.1) is 23.6 Å². The van der Waals surface area contributed by atoms with Gasteiger partial charge in [0.25, 0.3) is 0 Å². The Morgan fingerprint density at radius 2 is 2.04 bits per heavy atom. The van der Waals surface area contributed by atoms with Gasteiger partial charge in [0.1, 0.15) is 11.8 Å². The number of amides is 1. The highest BCUT2D eigenvalue weighted by molar-refractivity contribution is 8.00. The van der Waals surface area contributed by atoms with Crippen molar-refractivity contribution in [2.24, 2.45) is 0 Å². The summed E-state index contributed by atoms with van der Waals surface area (Å²) in [5.74, 6) is 1.17. The third kappa shape index (κ3) is 3.35. The topological polar surface area (TPSA) is 70.8 Å². The standard InChI is InChI=1S/C16H18N2O4S2/c1-17(10-13-6-5-9-22-13)16(19)15-11-23-12-18(15)24(20,21)14-7-3-2-4-8-14/h2-9,15H,10-12H2,1H3. The number of thioether (sulfide) groups is 1. The Kier molecular flexibility index (Phi) is 4.98. The number of hydrogen-bond acceptors (Lipinski definition) is 5. The molecule has 0 aliphatic carbocycles. The van der Waals surface area contributed by atoms with E-state index < -0.39 is 16.1 Å². The Bertz CT molecular complexity index is 791. The lowest BCUT2D eigenvalue weighted by molar-refractivity contribution is -0.133. The molecule has 1 amide bonds. The van der Waals surface area contributed by atoms with Crippen LogP contribution in [0.3, 0.4) is 0 Å². The average molecular weight is 366 g/mol. The third-order valence-corrected chi connectivity index (χ3v) is 6.87. The number of rotatable bonds is 5. The van der Waals surface area contributed by atoms with E-state index in [1.165, 1.54) is 21.0 Å². The first-order valence-corrected chi connectivity index (χ1v) is 10.0. The predicted molar refractivity (Wildman–Crippen MR) is 91.8 cm³/mol. The van der Waals surface area contributed by atoms with Gasteiger partial charge in [-0.15, -0.1) is 11.8 Å². The van der Waals surface area contributed by atoms with Crippen molar-refractivity contribution in [1.82, 2.24) is 9.21 Å². The highest BCUT2D eigenvalue weighted by Gasteiger charge is 2.41. The maximum absolute atomic E-state index is 12.8. The number of carbonyl (C=O) groups is 1. The molecule has 1 aliphatic heterocycles. The summed E-state index contributed by atoms with van der Waals surface area (Å²) in [5.41, 5.74) is 0. The van der Waals surface area contributed by atoms with E-state index in [4.69, 9.17) is 4.42 Å². The van der Waals surface area contributed by atoms with Crippen molar-refractivity contribution in [2.75, 3.05) is 18.7 Å². The van der Waals surface area contributed by atoms with Crippen LogP contribution < -0.4 is 0 Å². The fourth-order valence-electron chi connectivity index (χ4n) is 2.56. The lowest BCUT2D eigenvalue weighted by atomic mass is 10.3. The van der Waals surface area contributed by atoms with Crippen molar-refractivity contribution in [3.05, 3.63) is 54.5 Å². The van der Waals surface area contributed by atoms with Crippen LogP contribution in [0.4, 0.5) is 0 Å². The summed E-state index contributed by atoms with van der Waals surface area (Å²) in [6.07, 6.45) is 1.55. The molecule has 0 saturated carbocycles. The van der Waals surface area contributed by atoms with Gasteiger partial charge in [-0.3, -0.25) is 4.79 Å². The van der Waals surface area contributed by atoms with Crippen molar-refractivity contribution >= 4 is 27.7 Å². The summed E-state index contributed by atoms with van der Waals surface area (Å²) in [4.78, 5) is 14.4. The van der Waals surface area contributed by atoms with Gasteiger partial charge in [-0.25, -0.2) is 8.42 Å². The van der Waals surface area contributed by atoms with E-state index in [1.54, 1.807) is 55.8 Å². The molecule has 1 atom stereocenters. The van der Waals surface area contributed by atoms with E-state index in [0.29, 0.717) is 18.1 Å². The van der Waals surface area contributed by atoms with Gasteiger partial charge in [0, 0.05) is 12.8 Å². The molecule has 1 unspecified atom stereocenters. The predicted octanol–water partition coefficient (Wildman–Crippen LogP) is 2.00. The van der Waals surface area contributed by atoms with Crippen molar-refractivity contribution in [2.45, 2.75) is 17.5 Å². The smallest absolute Gasteiger partial charge is 0.244 e. The Morgan fingerprint density at radius 3 is 2.71 bits per heavy atom. The molecule has 1 saturated heterocycles. The van der Waals surface area contributed by atoms with Gasteiger partial charge in [0.2, 0.25) is 15.9 Å². The van der Waals surface area contributed by atoms with Crippen LogP contribution in [0.1, 0.15) is 5.76 Å². The highest BCUT2D eigenvalue weighted by atomic mass is 32.2. The monoisotopic (exact) mass is 366 g/mol. The molecule has 2 aromatic rings. The first-order valence-electron chi connectivity index (χ1n) is 7.42. The minimum atomic E-state index is -3.69. The third-order valence-electron chi connectivity index (χ3n) is 3.83. The molecule has 1 aliphatic rings. The van der Waals surface area contributed by atoms with Gasteiger partial charge < -0.3 is 9.32 Å². The SMILES string of the molecule is CN(Cc1ccco1)C(=O)C1CSCN1S(=O)(=O)c1ccccc1. The van der Waals surface area contributed by atoms with Crippen molar-refractivity contribution in [3.63, 3.8) is 0 Å². The quantitative estimate of drug-likeness (QED) is 0.809. The van der Waals surface area contributed by atoms with E-state index in [2.05, 4.69) is 0 Å². The second kappa shape index (κ2) is 7.00. The van der Waals surface area contributed by atoms with Gasteiger partial charge in [-0.05, 0) is 24.3 Å². The number of benzene rings is 1. The zero-order valence-corrected chi connectivity index (χ0v) is 14.8. The molecule has 1 fully saturated rings. The molecule has 0 spiro atoms. The minimum absolute atomic E-state index is 0.207. The fourth-order valence-corrected chi connectivity index (χ4v) is 5.71. The van der Waals surface area contributed by atoms with E-state index in [0.717, 1.165) is 0 Å². The fraction of sp³-hybridized carbons (Fsp3) is 0.312. The lowest BCUT2D eigenvalue weighted by Crippen LogP contribution is -2.47. The molecule has 6 nitrogen and oxygen atoms in total. The van der Waals surface area contributed by atoms with Crippen molar-refractivity contribution in [1.29, 1.82) is 0 Å². The number of nitrogens with zero attached hydrogens (tertiary/aromatic N) is 2. The maximum atomic E-state index is 12.8. The molecule has 0 bridgehead atoms. The van der Waals surface area contributed by atoms with Gasteiger partial charge in [0.15, 0.2) is 0 Å². The molecule has 8 heteroatoms. The molecule has 128 valence electrons. The summed E-state index contributed by atoms with van der Waals surface area (Å²) in [5, 5.41) is 0. The number of sulfonamides is 1. The van der Waals surface area contributed by atoms with Gasteiger partial charge in [-0.2, -0.15) is 4.31 Å². The average Bonchev–Trinajstić information content (AvgIpc) is 3.26. The number of carbonyl (C=O) groups excluding carboxylic acids is 1. The van der Waals surface area contributed by atoms with Crippen LogP contribution in [0, 0.1) is 0 Å². The van der Waals surface area contributed by atoms with Crippen molar-refractivity contribution < 1.29 is 17.6 Å². The second-order valence-electron chi connectivity index (χ2n) is 5.49. The van der Waals surface area contributed by atoms with E-state index in [9.17, 15) is 13.2 Å². The van der Waals surface area contributed by atoms with Crippen LogP contribution in [0.25, 0.3) is 0 Å². The van der Waals surface area contributed by atoms with E-state index in [-0.39, 0.29) is 16.7 Å². The summed E-state index contributed by atoms with van der Waals surface area (Å²) >= 11 is 1.44. The molecule has 1 aromatic heterocycles. The van der Waals surface area contributed by atoms with E-state index in [1.807, 2.05) is 0 Å². The second-order valence-corrected chi connectivity index (χ2v) is 8.38. The Hall–Kier alpha value is -1.77. The first kappa shape index (κ1) is 17.1. The Balaban J connectivity index is 1.79. The largest absolute Gasteiger partial charge is 0.467 e. The number of furan rings is 1. The lowest BCUT2D eigenvalue weighted by Gasteiger charge is -2.26. The molecular formula is C16H18N2O4S2. The summed E-state index contributed by atoms with van der Waals surface area (Å²) in [6, 6.07) is 11.1. The number of likely N-dealkylation sites (N-methyl/N-ethyl adjacent to an activating group) is 1. The zero-order chi connectivity index (χ0) is 17.2. The summed E-state index contributed by atoms with van der Waals surface area (Å²) in [7, 11) is -2.03. The van der Waals surface area contributed by atoms with Gasteiger partial charge in [-0.1, -0.05) is 18.2 Å². The Morgan fingerprint density at radius 1 is 1.29 bits per heavy atom. The molecule has 2 heterocycles. The van der Waals surface area contributed by atoms with Crippen LogP contribution in [-0.4, -0.2) is 48.2 Å². The molecule has 24 heavy (non-hydrogen) atoms. The molecule has 0 N–H and O–H groups in total. The summed E-state index contributed by atoms with van der Waals surface area (Å²) < 4.78 is 32.2. The molecule has 3 rings (SSSR count). The normalized spacial score (nSPS) is 18.6. The van der Waals surface area contributed by atoms with Crippen LogP contribution in [0.5, 0.6) is 0 Å². The van der Waals surface area contributed by atoms with Crippen molar-refractivity contribution in [3.8, 4) is 0 Å². The van der Waals surface area contributed by atoms with Crippen LogP contribution in [0.15, 0.2) is 58.0 Å². The summed E-state index contributed by atoms with van der Waals surface area (Å²) in [6.45, 7) is 0.312. The minimum Gasteiger partial charge on any atom is -0.467 e. The zero-order valence-electron chi connectivity index (χ0n) is 13.2. The molecule has 0 radical (unpaired) electrons. The molecule has 1 aromatic carbocycles. The van der Waals surface area contributed by atoms with Crippen LogP contribution in [0.2, 0.25) is 0 Å². The first-order chi connectivity index (χ1) is 11.5.